The Morgan fingerprint density at radius 2 is 2.10 bits per heavy atom. The number of carbonyl (C=O) groups is 2. The number of carbonyl (C=O) groups excluding carboxylic acids is 2. The van der Waals surface area contributed by atoms with Gasteiger partial charge < -0.3 is 16.0 Å². The molecule has 1 fully saturated rings. The summed E-state index contributed by atoms with van der Waals surface area (Å²) in [6, 6.07) is 8.71. The van der Waals surface area contributed by atoms with E-state index in [1.165, 1.54) is 0 Å². The fraction of sp³-hybridized carbons (Fsp3) is 0.500. The molecule has 1 aliphatic rings. The minimum atomic E-state index is -0.456. The highest BCUT2D eigenvalue weighted by atomic mass is 16.2. The number of amides is 2. The van der Waals surface area contributed by atoms with Gasteiger partial charge in [-0.05, 0) is 37.8 Å². The molecule has 0 saturated carbocycles. The van der Waals surface area contributed by atoms with E-state index in [0.29, 0.717) is 24.6 Å². The Bertz CT molecular complexity index is 488. The number of nitrogens with zero attached hydrogens (tertiary/aromatic N) is 1. The average molecular weight is 289 g/mol. The van der Waals surface area contributed by atoms with Gasteiger partial charge in [-0.3, -0.25) is 9.59 Å². The van der Waals surface area contributed by atoms with Crippen molar-refractivity contribution >= 4 is 11.8 Å². The van der Waals surface area contributed by atoms with Crippen LogP contribution in [0.3, 0.4) is 0 Å². The highest BCUT2D eigenvalue weighted by Gasteiger charge is 2.25. The second-order valence-corrected chi connectivity index (χ2v) is 5.66. The van der Waals surface area contributed by atoms with Crippen molar-refractivity contribution in [3.8, 4) is 0 Å². The zero-order valence-corrected chi connectivity index (χ0v) is 12.4. The zero-order valence-electron chi connectivity index (χ0n) is 12.4. The second kappa shape index (κ2) is 7.22. The van der Waals surface area contributed by atoms with Gasteiger partial charge in [0.2, 0.25) is 5.91 Å². The second-order valence-electron chi connectivity index (χ2n) is 5.66. The molecule has 114 valence electrons. The molecule has 0 bridgehead atoms. The van der Waals surface area contributed by atoms with E-state index in [0.717, 1.165) is 19.4 Å². The van der Waals surface area contributed by atoms with Crippen molar-refractivity contribution < 1.29 is 9.59 Å². The number of hydrogen-bond acceptors (Lipinski definition) is 3. The van der Waals surface area contributed by atoms with Gasteiger partial charge in [-0.15, -0.1) is 0 Å². The summed E-state index contributed by atoms with van der Waals surface area (Å²) < 4.78 is 0. The Kier molecular flexibility index (Phi) is 5.33. The number of benzene rings is 1. The number of piperidine rings is 1. The minimum Gasteiger partial charge on any atom is -0.352 e. The maximum Gasteiger partial charge on any atom is 0.251 e. The predicted octanol–water partition coefficient (Wildman–Crippen LogP) is 1.00. The Hall–Kier alpha value is -1.88. The van der Waals surface area contributed by atoms with Gasteiger partial charge in [0, 0.05) is 25.2 Å². The molecule has 2 atom stereocenters. The third kappa shape index (κ3) is 4.29. The van der Waals surface area contributed by atoms with Gasteiger partial charge in [0.15, 0.2) is 0 Å². The summed E-state index contributed by atoms with van der Waals surface area (Å²) in [6.45, 7) is 3.75. The quantitative estimate of drug-likeness (QED) is 0.868. The lowest BCUT2D eigenvalue weighted by molar-refractivity contribution is -0.133. The number of nitrogens with two attached hydrogens (primary N) is 1. The molecule has 1 unspecified atom stereocenters. The van der Waals surface area contributed by atoms with Crippen molar-refractivity contribution in [2.45, 2.75) is 25.8 Å². The molecule has 2 amide bonds. The molecule has 1 aliphatic heterocycles. The Balaban J connectivity index is 1.83. The first kappa shape index (κ1) is 15.5. The maximum absolute atomic E-state index is 12.0. The summed E-state index contributed by atoms with van der Waals surface area (Å²) in [5, 5.41) is 2.95. The van der Waals surface area contributed by atoms with Crippen molar-refractivity contribution in [2.75, 3.05) is 19.6 Å². The highest BCUT2D eigenvalue weighted by molar-refractivity contribution is 5.94. The minimum absolute atomic E-state index is 0.00548. The highest BCUT2D eigenvalue weighted by Crippen LogP contribution is 2.16. The topological polar surface area (TPSA) is 75.4 Å². The lowest BCUT2D eigenvalue weighted by atomic mass is 9.97. The first-order valence-electron chi connectivity index (χ1n) is 7.45. The van der Waals surface area contributed by atoms with Crippen LogP contribution in [0, 0.1) is 5.92 Å². The molecule has 5 heteroatoms. The van der Waals surface area contributed by atoms with Gasteiger partial charge in [-0.25, -0.2) is 0 Å². The fourth-order valence-corrected chi connectivity index (χ4v) is 2.65. The van der Waals surface area contributed by atoms with Gasteiger partial charge in [0.05, 0.1) is 6.04 Å². The third-order valence-corrected chi connectivity index (χ3v) is 3.81. The van der Waals surface area contributed by atoms with Crippen LogP contribution < -0.4 is 11.1 Å². The summed E-state index contributed by atoms with van der Waals surface area (Å²) >= 11 is 0. The van der Waals surface area contributed by atoms with E-state index in [1.807, 2.05) is 23.1 Å². The molecule has 0 spiro atoms. The molecule has 0 aromatic heterocycles. The summed E-state index contributed by atoms with van der Waals surface area (Å²) in [5.41, 5.74) is 6.31. The van der Waals surface area contributed by atoms with Crippen LogP contribution in [0.1, 0.15) is 30.1 Å². The van der Waals surface area contributed by atoms with Crippen LogP contribution in [-0.2, 0) is 4.79 Å². The molecule has 3 N–H and O–H groups in total. The van der Waals surface area contributed by atoms with Crippen molar-refractivity contribution in [1.82, 2.24) is 10.2 Å². The number of likely N-dealkylation sites (tertiary alicyclic amines) is 1. The van der Waals surface area contributed by atoms with Crippen LogP contribution in [0.15, 0.2) is 30.3 Å². The predicted molar refractivity (Wildman–Crippen MR) is 81.7 cm³/mol. The van der Waals surface area contributed by atoms with Crippen LogP contribution >= 0.6 is 0 Å². The zero-order chi connectivity index (χ0) is 15.2. The molecule has 5 nitrogen and oxygen atoms in total. The Morgan fingerprint density at radius 3 is 2.76 bits per heavy atom. The summed E-state index contributed by atoms with van der Waals surface area (Å²) in [7, 11) is 0. The van der Waals surface area contributed by atoms with E-state index in [1.54, 1.807) is 19.1 Å². The molecule has 1 aromatic rings. The van der Waals surface area contributed by atoms with Crippen LogP contribution in [0.25, 0.3) is 0 Å². The first-order valence-corrected chi connectivity index (χ1v) is 7.45. The van der Waals surface area contributed by atoms with E-state index in [9.17, 15) is 9.59 Å². The number of nitrogens with one attached hydrogen (secondary N) is 1. The summed E-state index contributed by atoms with van der Waals surface area (Å²) in [6.07, 6.45) is 1.99. The number of hydrogen-bond donors (Lipinski definition) is 2. The van der Waals surface area contributed by atoms with Crippen LogP contribution in [0.4, 0.5) is 0 Å². The molecular weight excluding hydrogens is 266 g/mol. The van der Waals surface area contributed by atoms with E-state index >= 15 is 0 Å². The van der Waals surface area contributed by atoms with Gasteiger partial charge in [-0.2, -0.15) is 0 Å². The molecule has 0 radical (unpaired) electrons. The SMILES string of the molecule is C[C@H](N)C(=O)N1CCCC(CNC(=O)c2ccccc2)C1. The molecule has 2 rings (SSSR count). The monoisotopic (exact) mass is 289 g/mol. The third-order valence-electron chi connectivity index (χ3n) is 3.81. The van der Waals surface area contributed by atoms with Gasteiger partial charge in [0.1, 0.15) is 0 Å². The Labute approximate surface area is 125 Å². The van der Waals surface area contributed by atoms with E-state index < -0.39 is 6.04 Å². The smallest absolute Gasteiger partial charge is 0.251 e. The van der Waals surface area contributed by atoms with Crippen molar-refractivity contribution in [3.63, 3.8) is 0 Å². The van der Waals surface area contributed by atoms with Gasteiger partial charge in [-0.1, -0.05) is 18.2 Å². The van der Waals surface area contributed by atoms with Crippen molar-refractivity contribution in [2.24, 2.45) is 11.7 Å². The van der Waals surface area contributed by atoms with E-state index in [2.05, 4.69) is 5.32 Å². The van der Waals surface area contributed by atoms with Gasteiger partial charge in [0.25, 0.3) is 5.91 Å². The lowest BCUT2D eigenvalue weighted by Gasteiger charge is -2.33. The lowest BCUT2D eigenvalue weighted by Crippen LogP contribution is -2.48. The first-order chi connectivity index (χ1) is 10.1. The van der Waals surface area contributed by atoms with E-state index in [-0.39, 0.29) is 11.8 Å². The van der Waals surface area contributed by atoms with Crippen LogP contribution in [0.5, 0.6) is 0 Å². The van der Waals surface area contributed by atoms with E-state index in [4.69, 9.17) is 5.73 Å². The molecule has 21 heavy (non-hydrogen) atoms. The Morgan fingerprint density at radius 1 is 1.38 bits per heavy atom. The fourth-order valence-electron chi connectivity index (χ4n) is 2.65. The molecule has 1 aromatic carbocycles. The number of rotatable bonds is 4. The van der Waals surface area contributed by atoms with Crippen LogP contribution in [0.2, 0.25) is 0 Å². The largest absolute Gasteiger partial charge is 0.352 e. The average Bonchev–Trinajstić information content (AvgIpc) is 2.53. The molecule has 0 aliphatic carbocycles. The summed E-state index contributed by atoms with van der Waals surface area (Å²) in [5.74, 6) is 0.231. The van der Waals surface area contributed by atoms with Gasteiger partial charge >= 0.3 is 0 Å². The van der Waals surface area contributed by atoms with Crippen molar-refractivity contribution in [1.29, 1.82) is 0 Å². The normalized spacial score (nSPS) is 19.9. The standard InChI is InChI=1S/C16H23N3O2/c1-12(17)16(21)19-9-5-6-13(11-19)10-18-15(20)14-7-3-2-4-8-14/h2-4,7-8,12-13H,5-6,9-11,17H2,1H3,(H,18,20)/t12-,13?/m0/s1. The summed E-state index contributed by atoms with van der Waals surface area (Å²) in [4.78, 5) is 25.7. The molecular formula is C16H23N3O2. The van der Waals surface area contributed by atoms with Crippen molar-refractivity contribution in [3.05, 3.63) is 35.9 Å². The molecule has 1 saturated heterocycles. The maximum atomic E-state index is 12.0. The van der Waals surface area contributed by atoms with Crippen LogP contribution in [-0.4, -0.2) is 42.4 Å². The molecule has 1 heterocycles.